The lowest BCUT2D eigenvalue weighted by atomic mass is 9.82. The number of ether oxygens (including phenoxy) is 2. The number of carbonyl (C=O) groups is 1. The molecule has 3 rings (SSSR count). The number of rotatable bonds is 1. The van der Waals surface area contributed by atoms with Crippen molar-refractivity contribution in [1.82, 2.24) is 4.90 Å². The first-order chi connectivity index (χ1) is 9.13. The molecular formula is C14H24N2O3. The summed E-state index contributed by atoms with van der Waals surface area (Å²) in [4.78, 5) is 14.9. The smallest absolute Gasteiger partial charge is 0.232 e. The van der Waals surface area contributed by atoms with Gasteiger partial charge in [0.05, 0.1) is 37.4 Å². The number of carbonyl (C=O) groups excluding carboxylic acids is 1. The van der Waals surface area contributed by atoms with Gasteiger partial charge in [-0.25, -0.2) is 0 Å². The average molecular weight is 268 g/mol. The van der Waals surface area contributed by atoms with Crippen LogP contribution in [0.3, 0.4) is 0 Å². The average Bonchev–Trinajstić information content (AvgIpc) is 2.78. The summed E-state index contributed by atoms with van der Waals surface area (Å²) < 4.78 is 11.2. The lowest BCUT2D eigenvalue weighted by molar-refractivity contribution is -0.159. The summed E-state index contributed by atoms with van der Waals surface area (Å²) in [6.45, 7) is 4.23. The largest absolute Gasteiger partial charge is 0.379 e. The van der Waals surface area contributed by atoms with Gasteiger partial charge >= 0.3 is 0 Å². The Balaban J connectivity index is 1.78. The van der Waals surface area contributed by atoms with Crippen LogP contribution in [0.15, 0.2) is 0 Å². The molecule has 0 aromatic rings. The van der Waals surface area contributed by atoms with Gasteiger partial charge < -0.3 is 20.1 Å². The van der Waals surface area contributed by atoms with Gasteiger partial charge in [0.15, 0.2) is 0 Å². The van der Waals surface area contributed by atoms with Crippen LogP contribution in [0.25, 0.3) is 0 Å². The van der Waals surface area contributed by atoms with E-state index in [1.54, 1.807) is 0 Å². The van der Waals surface area contributed by atoms with Gasteiger partial charge in [-0.2, -0.15) is 0 Å². The Labute approximate surface area is 114 Å². The van der Waals surface area contributed by atoms with Crippen molar-refractivity contribution in [3.8, 4) is 0 Å². The molecular weight excluding hydrogens is 244 g/mol. The minimum atomic E-state index is -0.556. The molecule has 3 fully saturated rings. The van der Waals surface area contributed by atoms with Gasteiger partial charge in [-0.3, -0.25) is 4.79 Å². The van der Waals surface area contributed by atoms with E-state index in [4.69, 9.17) is 15.2 Å². The Bertz CT molecular complexity index is 361. The lowest BCUT2D eigenvalue weighted by Gasteiger charge is -2.46. The summed E-state index contributed by atoms with van der Waals surface area (Å²) in [5.41, 5.74) is 5.53. The second kappa shape index (κ2) is 5.04. The number of hydrogen-bond acceptors (Lipinski definition) is 4. The van der Waals surface area contributed by atoms with Crippen LogP contribution in [-0.4, -0.2) is 55.4 Å². The number of nitrogens with zero attached hydrogens (tertiary/aromatic N) is 1. The van der Waals surface area contributed by atoms with Crippen molar-refractivity contribution in [3.05, 3.63) is 0 Å². The van der Waals surface area contributed by atoms with Crippen molar-refractivity contribution < 1.29 is 14.3 Å². The van der Waals surface area contributed by atoms with E-state index in [9.17, 15) is 4.79 Å². The summed E-state index contributed by atoms with van der Waals surface area (Å²) in [6, 6.07) is 0.0597. The van der Waals surface area contributed by atoms with E-state index in [2.05, 4.69) is 0 Å². The zero-order valence-electron chi connectivity index (χ0n) is 11.6. The van der Waals surface area contributed by atoms with E-state index in [1.807, 2.05) is 11.8 Å². The van der Waals surface area contributed by atoms with Crippen molar-refractivity contribution >= 4 is 5.91 Å². The molecule has 1 saturated carbocycles. The van der Waals surface area contributed by atoms with Gasteiger partial charge in [0, 0.05) is 12.6 Å². The Morgan fingerprint density at radius 3 is 2.89 bits per heavy atom. The highest BCUT2D eigenvalue weighted by Gasteiger charge is 2.49. The molecule has 5 nitrogen and oxygen atoms in total. The summed E-state index contributed by atoms with van der Waals surface area (Å²) >= 11 is 0. The zero-order valence-corrected chi connectivity index (χ0v) is 11.6. The first-order valence-corrected chi connectivity index (χ1v) is 7.39. The van der Waals surface area contributed by atoms with Gasteiger partial charge in [-0.15, -0.1) is 0 Å². The topological polar surface area (TPSA) is 64.8 Å². The van der Waals surface area contributed by atoms with Crippen molar-refractivity contribution in [2.45, 2.75) is 50.8 Å². The van der Waals surface area contributed by atoms with Crippen LogP contribution in [0, 0.1) is 5.41 Å². The molecule has 0 spiro atoms. The molecule has 0 aromatic carbocycles. The summed E-state index contributed by atoms with van der Waals surface area (Å²) in [7, 11) is 0. The zero-order chi connectivity index (χ0) is 13.5. The van der Waals surface area contributed by atoms with Crippen LogP contribution < -0.4 is 5.73 Å². The van der Waals surface area contributed by atoms with E-state index in [1.165, 1.54) is 12.8 Å². The fourth-order valence-electron chi connectivity index (χ4n) is 3.59. The Kier molecular flexibility index (Phi) is 3.53. The maximum absolute atomic E-state index is 12.9. The Morgan fingerprint density at radius 2 is 2.16 bits per heavy atom. The fourth-order valence-corrected chi connectivity index (χ4v) is 3.59. The highest BCUT2D eigenvalue weighted by atomic mass is 16.5. The third-order valence-electron chi connectivity index (χ3n) is 5.00. The molecule has 1 aliphatic carbocycles. The van der Waals surface area contributed by atoms with Crippen molar-refractivity contribution in [1.29, 1.82) is 0 Å². The highest BCUT2D eigenvalue weighted by molar-refractivity contribution is 5.84. The molecule has 2 aliphatic heterocycles. The van der Waals surface area contributed by atoms with Gasteiger partial charge in [0.1, 0.15) is 0 Å². The van der Waals surface area contributed by atoms with Crippen molar-refractivity contribution in [3.63, 3.8) is 0 Å². The molecule has 0 bridgehead atoms. The quantitative estimate of drug-likeness (QED) is 0.753. The molecule has 4 atom stereocenters. The van der Waals surface area contributed by atoms with E-state index in [0.717, 1.165) is 12.8 Å². The Morgan fingerprint density at radius 1 is 1.37 bits per heavy atom. The number of hydrogen-bond donors (Lipinski definition) is 1. The molecule has 2 N–H and O–H groups in total. The molecule has 5 heteroatoms. The SMILES string of the molecule is CC1(C(=O)N2CCOC3CCCCC32)COCC1N. The monoisotopic (exact) mass is 268 g/mol. The molecule has 0 radical (unpaired) electrons. The molecule has 108 valence electrons. The number of nitrogens with two attached hydrogens (primary N) is 1. The van der Waals surface area contributed by atoms with Crippen LogP contribution in [-0.2, 0) is 14.3 Å². The van der Waals surface area contributed by atoms with Crippen molar-refractivity contribution in [2.75, 3.05) is 26.4 Å². The number of amides is 1. The first kappa shape index (κ1) is 13.3. The standard InChI is InChI=1S/C14H24N2O3/c1-14(9-18-8-12(14)15)13(17)16-6-7-19-11-5-3-2-4-10(11)16/h10-12H,2-9,15H2,1H3. The maximum Gasteiger partial charge on any atom is 0.232 e. The molecule has 2 heterocycles. The minimum Gasteiger partial charge on any atom is -0.379 e. The van der Waals surface area contributed by atoms with Crippen LogP contribution >= 0.6 is 0 Å². The Hall–Kier alpha value is -0.650. The molecule has 2 saturated heterocycles. The fraction of sp³-hybridized carbons (Fsp3) is 0.929. The van der Waals surface area contributed by atoms with Gasteiger partial charge in [0.2, 0.25) is 5.91 Å². The normalized spacial score (nSPS) is 43.1. The molecule has 3 aliphatic rings. The summed E-state index contributed by atoms with van der Waals surface area (Å²) in [6.07, 6.45) is 4.76. The van der Waals surface area contributed by atoms with Gasteiger partial charge in [0.25, 0.3) is 0 Å². The molecule has 1 amide bonds. The van der Waals surface area contributed by atoms with Crippen molar-refractivity contribution in [2.24, 2.45) is 11.1 Å². The van der Waals surface area contributed by atoms with E-state index >= 15 is 0 Å². The predicted molar refractivity (Wildman–Crippen MR) is 70.6 cm³/mol. The van der Waals surface area contributed by atoms with E-state index in [-0.39, 0.29) is 24.1 Å². The minimum absolute atomic E-state index is 0.165. The van der Waals surface area contributed by atoms with Gasteiger partial charge in [-0.05, 0) is 19.8 Å². The van der Waals surface area contributed by atoms with E-state index < -0.39 is 5.41 Å². The van der Waals surface area contributed by atoms with Crippen LogP contribution in [0.1, 0.15) is 32.6 Å². The summed E-state index contributed by atoms with van der Waals surface area (Å²) in [5, 5.41) is 0. The summed E-state index contributed by atoms with van der Waals surface area (Å²) in [5.74, 6) is 0.165. The third-order valence-corrected chi connectivity index (χ3v) is 5.00. The lowest BCUT2D eigenvalue weighted by Crippen LogP contribution is -2.60. The predicted octanol–water partition coefficient (Wildman–Crippen LogP) is 0.520. The third kappa shape index (κ3) is 2.18. The van der Waals surface area contributed by atoms with Gasteiger partial charge in [-0.1, -0.05) is 12.8 Å². The first-order valence-electron chi connectivity index (χ1n) is 7.39. The van der Waals surface area contributed by atoms with Crippen LogP contribution in [0.5, 0.6) is 0 Å². The molecule has 0 aromatic heterocycles. The molecule has 19 heavy (non-hydrogen) atoms. The highest BCUT2D eigenvalue weighted by Crippen LogP contribution is 2.35. The molecule has 4 unspecified atom stereocenters. The second-order valence-corrected chi connectivity index (χ2v) is 6.30. The van der Waals surface area contributed by atoms with Crippen LogP contribution in [0.4, 0.5) is 0 Å². The second-order valence-electron chi connectivity index (χ2n) is 6.30. The number of morpholine rings is 1. The van der Waals surface area contributed by atoms with E-state index in [0.29, 0.717) is 26.4 Å². The van der Waals surface area contributed by atoms with Crippen LogP contribution in [0.2, 0.25) is 0 Å². The number of fused-ring (bicyclic) bond motifs is 1. The maximum atomic E-state index is 12.9.